The van der Waals surface area contributed by atoms with Crippen molar-refractivity contribution in [2.45, 2.75) is 26.8 Å². The maximum atomic E-state index is 12.2. The second-order valence-corrected chi connectivity index (χ2v) is 6.25. The molecule has 1 unspecified atom stereocenters. The van der Waals surface area contributed by atoms with Crippen LogP contribution in [-0.4, -0.2) is 40.0 Å². The number of carbonyl (C=O) groups excluding carboxylic acids is 2. The molecule has 1 amide bonds. The lowest BCUT2D eigenvalue weighted by atomic mass is 9.98. The number of imidazole rings is 1. The molecule has 9 nitrogen and oxygen atoms in total. The topological polar surface area (TPSA) is 116 Å². The number of hydrogen-bond donors (Lipinski definition) is 1. The minimum atomic E-state index is -0.615. The quantitative estimate of drug-likeness (QED) is 0.426. The summed E-state index contributed by atoms with van der Waals surface area (Å²) in [5, 5.41) is 13.4. The van der Waals surface area contributed by atoms with Crippen molar-refractivity contribution in [3.63, 3.8) is 0 Å². The van der Waals surface area contributed by atoms with Crippen molar-refractivity contribution in [2.75, 3.05) is 13.7 Å². The Morgan fingerprint density at radius 3 is 2.52 bits per heavy atom. The molecule has 1 atom stereocenters. The maximum Gasteiger partial charge on any atom is 0.381 e. The molecule has 0 saturated heterocycles. The number of aromatic nitrogens is 2. The van der Waals surface area contributed by atoms with Gasteiger partial charge in [-0.2, -0.15) is 0 Å². The Labute approximate surface area is 156 Å². The predicted octanol–water partition coefficient (Wildman–Crippen LogP) is 1.56. The van der Waals surface area contributed by atoms with Crippen molar-refractivity contribution in [2.24, 2.45) is 5.92 Å². The number of nitrogens with zero attached hydrogens (tertiary/aromatic N) is 3. The molecule has 9 heteroatoms. The van der Waals surface area contributed by atoms with Gasteiger partial charge >= 0.3 is 11.8 Å². The third-order valence-electron chi connectivity index (χ3n) is 4.15. The van der Waals surface area contributed by atoms with E-state index in [2.05, 4.69) is 10.3 Å². The number of amides is 1. The normalized spacial score (nSPS) is 11.7. The van der Waals surface area contributed by atoms with E-state index in [4.69, 9.17) is 4.74 Å². The SMILES string of the molecule is COC(=O)C(CNC(=O)Cn1cc([N+](=O)[O-])nc1C)Cc1ccc(C)cc1. The van der Waals surface area contributed by atoms with Gasteiger partial charge in [-0.3, -0.25) is 14.2 Å². The van der Waals surface area contributed by atoms with E-state index in [0.29, 0.717) is 12.2 Å². The lowest BCUT2D eigenvalue weighted by Crippen LogP contribution is -2.36. The highest BCUT2D eigenvalue weighted by molar-refractivity contribution is 5.78. The highest BCUT2D eigenvalue weighted by Crippen LogP contribution is 2.12. The van der Waals surface area contributed by atoms with Crippen molar-refractivity contribution in [3.05, 3.63) is 57.5 Å². The van der Waals surface area contributed by atoms with Crippen LogP contribution < -0.4 is 5.32 Å². The molecule has 1 aromatic carbocycles. The monoisotopic (exact) mass is 374 g/mol. The van der Waals surface area contributed by atoms with Crippen LogP contribution in [0.4, 0.5) is 5.82 Å². The molecule has 0 fully saturated rings. The van der Waals surface area contributed by atoms with Crippen LogP contribution in [0.1, 0.15) is 17.0 Å². The first-order valence-electron chi connectivity index (χ1n) is 8.38. The maximum absolute atomic E-state index is 12.2. The van der Waals surface area contributed by atoms with Crippen LogP contribution in [-0.2, 0) is 27.3 Å². The molecular weight excluding hydrogens is 352 g/mol. The molecule has 0 saturated carbocycles. The lowest BCUT2D eigenvalue weighted by molar-refractivity contribution is -0.389. The average Bonchev–Trinajstić information content (AvgIpc) is 3.00. The largest absolute Gasteiger partial charge is 0.469 e. The van der Waals surface area contributed by atoms with E-state index in [-0.39, 0.29) is 24.8 Å². The molecule has 2 rings (SSSR count). The highest BCUT2D eigenvalue weighted by atomic mass is 16.6. The molecule has 0 aliphatic rings. The number of nitrogens with one attached hydrogen (secondary N) is 1. The minimum absolute atomic E-state index is 0.106. The van der Waals surface area contributed by atoms with Crippen LogP contribution in [0.2, 0.25) is 0 Å². The van der Waals surface area contributed by atoms with Crippen LogP contribution in [0.25, 0.3) is 0 Å². The summed E-state index contributed by atoms with van der Waals surface area (Å²) in [5.74, 6) is -1.26. The first-order chi connectivity index (χ1) is 12.8. The fourth-order valence-corrected chi connectivity index (χ4v) is 2.60. The fraction of sp³-hybridized carbons (Fsp3) is 0.389. The molecule has 1 aromatic heterocycles. The molecule has 144 valence electrons. The van der Waals surface area contributed by atoms with Crippen molar-refractivity contribution in [3.8, 4) is 0 Å². The molecule has 0 radical (unpaired) electrons. The summed E-state index contributed by atoms with van der Waals surface area (Å²) in [6, 6.07) is 7.77. The van der Waals surface area contributed by atoms with Gasteiger partial charge in [0.2, 0.25) is 11.7 Å². The summed E-state index contributed by atoms with van der Waals surface area (Å²) >= 11 is 0. The standard InChI is InChI=1S/C18H22N4O5/c1-12-4-6-14(7-5-12)8-15(18(24)27-3)9-19-17(23)11-21-10-16(22(25)26)20-13(21)2/h4-7,10,15H,8-9,11H2,1-3H3,(H,19,23). The molecule has 1 N–H and O–H groups in total. The van der Waals surface area contributed by atoms with Crippen molar-refractivity contribution < 1.29 is 19.2 Å². The number of hydrogen-bond acceptors (Lipinski definition) is 6. The first kappa shape index (κ1) is 20.1. The second-order valence-electron chi connectivity index (χ2n) is 6.25. The van der Waals surface area contributed by atoms with Gasteiger partial charge in [0.05, 0.1) is 13.0 Å². The number of esters is 1. The number of carbonyl (C=O) groups is 2. The Morgan fingerprint density at radius 1 is 1.30 bits per heavy atom. The van der Waals surface area contributed by atoms with E-state index in [1.165, 1.54) is 17.9 Å². The number of aryl methyl sites for hydroxylation is 2. The van der Waals surface area contributed by atoms with Gasteiger partial charge in [-0.05, 0) is 28.8 Å². The number of nitro groups is 1. The van der Waals surface area contributed by atoms with Crippen molar-refractivity contribution >= 4 is 17.7 Å². The zero-order valence-corrected chi connectivity index (χ0v) is 15.5. The van der Waals surface area contributed by atoms with Crippen LogP contribution >= 0.6 is 0 Å². The molecular formula is C18H22N4O5. The molecule has 0 aliphatic carbocycles. The summed E-state index contributed by atoms with van der Waals surface area (Å²) in [5.41, 5.74) is 2.08. The third kappa shape index (κ3) is 5.63. The van der Waals surface area contributed by atoms with E-state index in [0.717, 1.165) is 11.1 Å². The van der Waals surface area contributed by atoms with E-state index >= 15 is 0 Å². The van der Waals surface area contributed by atoms with E-state index < -0.39 is 16.8 Å². The smallest absolute Gasteiger partial charge is 0.381 e. The summed E-state index contributed by atoms with van der Waals surface area (Å²) in [7, 11) is 1.31. The zero-order valence-electron chi connectivity index (χ0n) is 15.5. The number of rotatable bonds is 8. The van der Waals surface area contributed by atoms with Gasteiger partial charge in [0.1, 0.15) is 12.7 Å². The minimum Gasteiger partial charge on any atom is -0.469 e. The van der Waals surface area contributed by atoms with Gasteiger partial charge in [-0.1, -0.05) is 29.8 Å². The fourth-order valence-electron chi connectivity index (χ4n) is 2.60. The molecule has 1 heterocycles. The van der Waals surface area contributed by atoms with Gasteiger partial charge in [-0.25, -0.2) is 0 Å². The van der Waals surface area contributed by atoms with E-state index in [1.807, 2.05) is 31.2 Å². The average molecular weight is 374 g/mol. The summed E-state index contributed by atoms with van der Waals surface area (Å²) < 4.78 is 6.22. The predicted molar refractivity (Wildman–Crippen MR) is 97.0 cm³/mol. The van der Waals surface area contributed by atoms with Crippen LogP contribution in [0.3, 0.4) is 0 Å². The van der Waals surface area contributed by atoms with Gasteiger partial charge < -0.3 is 20.2 Å². The van der Waals surface area contributed by atoms with Crippen LogP contribution in [0, 0.1) is 29.9 Å². The van der Waals surface area contributed by atoms with Gasteiger partial charge in [0.15, 0.2) is 0 Å². The summed E-state index contributed by atoms with van der Waals surface area (Å²) in [6.45, 7) is 3.54. The Morgan fingerprint density at radius 2 is 1.96 bits per heavy atom. The summed E-state index contributed by atoms with van der Waals surface area (Å²) in [4.78, 5) is 38.1. The van der Waals surface area contributed by atoms with Crippen molar-refractivity contribution in [1.82, 2.24) is 14.9 Å². The van der Waals surface area contributed by atoms with Gasteiger partial charge in [0.25, 0.3) is 0 Å². The molecule has 0 spiro atoms. The molecule has 27 heavy (non-hydrogen) atoms. The van der Waals surface area contributed by atoms with Crippen LogP contribution in [0.15, 0.2) is 30.5 Å². The van der Waals surface area contributed by atoms with E-state index in [1.54, 1.807) is 6.92 Å². The highest BCUT2D eigenvalue weighted by Gasteiger charge is 2.22. The molecule has 0 bridgehead atoms. The number of benzene rings is 1. The Kier molecular flexibility index (Phi) is 6.64. The first-order valence-corrected chi connectivity index (χ1v) is 8.38. The Balaban J connectivity index is 1.97. The Bertz CT molecular complexity index is 829. The van der Waals surface area contributed by atoms with Gasteiger partial charge in [0, 0.05) is 13.5 Å². The lowest BCUT2D eigenvalue weighted by Gasteiger charge is -2.16. The second kappa shape index (κ2) is 8.93. The third-order valence-corrected chi connectivity index (χ3v) is 4.15. The molecule has 0 aliphatic heterocycles. The summed E-state index contributed by atoms with van der Waals surface area (Å²) in [6.07, 6.45) is 1.64. The molecule has 2 aromatic rings. The number of ether oxygens (including phenoxy) is 1. The van der Waals surface area contributed by atoms with Gasteiger partial charge in [-0.15, -0.1) is 0 Å². The zero-order chi connectivity index (χ0) is 20.0. The van der Waals surface area contributed by atoms with Crippen LogP contribution in [0.5, 0.6) is 0 Å². The Hall–Kier alpha value is -3.23. The van der Waals surface area contributed by atoms with Crippen molar-refractivity contribution in [1.29, 1.82) is 0 Å². The van der Waals surface area contributed by atoms with E-state index in [9.17, 15) is 19.7 Å². The number of methoxy groups -OCH3 is 1.